The average molecular weight is 203 g/mol. The summed E-state index contributed by atoms with van der Waals surface area (Å²) in [6.07, 6.45) is 5.29. The summed E-state index contributed by atoms with van der Waals surface area (Å²) in [5.41, 5.74) is 0.960. The lowest BCUT2D eigenvalue weighted by Gasteiger charge is -2.29. The predicted octanol–water partition coefficient (Wildman–Crippen LogP) is 1.85. The number of anilines is 1. The molecule has 0 saturated carbocycles. The van der Waals surface area contributed by atoms with Crippen molar-refractivity contribution in [1.29, 1.82) is 0 Å². The second kappa shape index (κ2) is 3.69. The van der Waals surface area contributed by atoms with Crippen LogP contribution < -0.4 is 9.64 Å². The molecule has 0 spiro atoms. The highest BCUT2D eigenvalue weighted by atomic mass is 32.1. The smallest absolute Gasteiger partial charge is 0.143 e. The summed E-state index contributed by atoms with van der Waals surface area (Å²) in [6, 6.07) is 7.75. The normalized spacial score (nSPS) is 14.2. The van der Waals surface area contributed by atoms with Crippen molar-refractivity contribution < 1.29 is 4.74 Å². The molecular formula is C11H9NOS. The molecule has 14 heavy (non-hydrogen) atoms. The van der Waals surface area contributed by atoms with Crippen molar-refractivity contribution in [2.75, 3.05) is 18.1 Å². The molecule has 1 aliphatic rings. The number of ether oxygens (including phenoxy) is 1. The number of thiocarbonyl (C=S) groups is 1. The summed E-state index contributed by atoms with van der Waals surface area (Å²) in [5.74, 6) is 3.44. The van der Waals surface area contributed by atoms with Crippen LogP contribution in [-0.2, 0) is 0 Å². The highest BCUT2D eigenvalue weighted by Crippen LogP contribution is 2.31. The number of fused-ring (bicyclic) bond motifs is 1. The molecule has 0 fully saturated rings. The van der Waals surface area contributed by atoms with Gasteiger partial charge in [0.25, 0.3) is 0 Å². The van der Waals surface area contributed by atoms with Gasteiger partial charge in [-0.05, 0) is 12.1 Å². The van der Waals surface area contributed by atoms with Crippen LogP contribution in [0.2, 0.25) is 0 Å². The van der Waals surface area contributed by atoms with Gasteiger partial charge < -0.3 is 9.64 Å². The van der Waals surface area contributed by atoms with Crippen LogP contribution in [-0.4, -0.2) is 18.1 Å². The lowest BCUT2D eigenvalue weighted by Crippen LogP contribution is -2.37. The molecule has 1 aliphatic heterocycles. The molecule has 0 aliphatic carbocycles. The minimum Gasteiger partial charge on any atom is -0.484 e. The van der Waals surface area contributed by atoms with Crippen LogP contribution in [0.5, 0.6) is 5.75 Å². The molecule has 3 heteroatoms. The van der Waals surface area contributed by atoms with Gasteiger partial charge in [-0.2, -0.15) is 0 Å². The SMILES string of the molecule is C#CCN1C(=S)COc2ccccc21. The van der Waals surface area contributed by atoms with Crippen molar-refractivity contribution in [1.82, 2.24) is 0 Å². The average Bonchev–Trinajstić information content (AvgIpc) is 2.23. The van der Waals surface area contributed by atoms with Gasteiger partial charge in [-0.25, -0.2) is 0 Å². The molecule has 0 bridgehead atoms. The maximum atomic E-state index is 5.46. The second-order valence-corrected chi connectivity index (χ2v) is 3.41. The van der Waals surface area contributed by atoms with E-state index in [9.17, 15) is 0 Å². The van der Waals surface area contributed by atoms with Gasteiger partial charge in [-0.3, -0.25) is 0 Å². The van der Waals surface area contributed by atoms with E-state index in [-0.39, 0.29) is 0 Å². The lowest BCUT2D eigenvalue weighted by molar-refractivity contribution is 0.370. The zero-order valence-electron chi connectivity index (χ0n) is 7.56. The highest BCUT2D eigenvalue weighted by molar-refractivity contribution is 7.80. The standard InChI is InChI=1S/C11H9NOS/c1-2-7-12-9-5-3-4-6-10(9)13-8-11(12)14/h1,3-6H,7-8H2. The Balaban J connectivity index is 2.42. The van der Waals surface area contributed by atoms with Crippen LogP contribution in [0, 0.1) is 12.3 Å². The van der Waals surface area contributed by atoms with Gasteiger partial charge in [0.2, 0.25) is 0 Å². The Labute approximate surface area is 88.5 Å². The van der Waals surface area contributed by atoms with E-state index in [1.807, 2.05) is 29.2 Å². The number of hydrogen-bond acceptors (Lipinski definition) is 2. The Morgan fingerprint density at radius 1 is 1.50 bits per heavy atom. The van der Waals surface area contributed by atoms with Crippen LogP contribution >= 0.6 is 12.2 Å². The van der Waals surface area contributed by atoms with Gasteiger partial charge in [0, 0.05) is 0 Å². The molecule has 0 amide bonds. The van der Waals surface area contributed by atoms with Crippen molar-refractivity contribution in [3.05, 3.63) is 24.3 Å². The van der Waals surface area contributed by atoms with Crippen molar-refractivity contribution in [3.8, 4) is 18.1 Å². The third-order valence-electron chi connectivity index (χ3n) is 2.06. The fourth-order valence-corrected chi connectivity index (χ4v) is 1.64. The zero-order valence-corrected chi connectivity index (χ0v) is 8.38. The van der Waals surface area contributed by atoms with Crippen LogP contribution in [0.1, 0.15) is 0 Å². The molecule has 0 atom stereocenters. The van der Waals surface area contributed by atoms with Gasteiger partial charge in [0.1, 0.15) is 17.3 Å². The molecule has 2 nitrogen and oxygen atoms in total. The Morgan fingerprint density at radius 2 is 2.29 bits per heavy atom. The molecule has 0 saturated heterocycles. The predicted molar refractivity (Wildman–Crippen MR) is 60.7 cm³/mol. The van der Waals surface area contributed by atoms with E-state index >= 15 is 0 Å². The first-order valence-electron chi connectivity index (χ1n) is 4.28. The maximum absolute atomic E-state index is 5.46. The van der Waals surface area contributed by atoms with Crippen LogP contribution in [0.4, 0.5) is 5.69 Å². The van der Waals surface area contributed by atoms with E-state index in [1.165, 1.54) is 0 Å². The molecular weight excluding hydrogens is 194 g/mol. The minimum atomic E-state index is 0.439. The summed E-state index contributed by atoms with van der Waals surface area (Å²) in [4.78, 5) is 2.66. The summed E-state index contributed by atoms with van der Waals surface area (Å²) in [7, 11) is 0. The summed E-state index contributed by atoms with van der Waals surface area (Å²) in [5, 5.41) is 0. The first kappa shape index (κ1) is 9.04. The van der Waals surface area contributed by atoms with Gasteiger partial charge in [0.05, 0.1) is 12.2 Å². The first-order valence-corrected chi connectivity index (χ1v) is 4.69. The quantitative estimate of drug-likeness (QED) is 0.510. The first-order chi connectivity index (χ1) is 6.83. The largest absolute Gasteiger partial charge is 0.484 e. The summed E-state index contributed by atoms with van der Waals surface area (Å²) < 4.78 is 5.46. The molecule has 1 heterocycles. The highest BCUT2D eigenvalue weighted by Gasteiger charge is 2.20. The van der Waals surface area contributed by atoms with Crippen LogP contribution in [0.3, 0.4) is 0 Å². The second-order valence-electron chi connectivity index (χ2n) is 2.94. The van der Waals surface area contributed by atoms with Crippen LogP contribution in [0.25, 0.3) is 0 Å². The monoisotopic (exact) mass is 203 g/mol. The number of terminal acetylenes is 1. The Morgan fingerprint density at radius 3 is 3.07 bits per heavy atom. The van der Waals surface area contributed by atoms with Crippen molar-refractivity contribution in [2.45, 2.75) is 0 Å². The number of rotatable bonds is 1. The van der Waals surface area contributed by atoms with Crippen molar-refractivity contribution >= 4 is 22.9 Å². The molecule has 70 valence electrons. The van der Waals surface area contributed by atoms with E-state index in [4.69, 9.17) is 23.4 Å². The molecule has 0 aromatic heterocycles. The number of hydrogen-bond donors (Lipinski definition) is 0. The van der Waals surface area contributed by atoms with E-state index in [0.29, 0.717) is 13.2 Å². The molecule has 0 unspecified atom stereocenters. The van der Waals surface area contributed by atoms with E-state index < -0.39 is 0 Å². The van der Waals surface area contributed by atoms with Crippen molar-refractivity contribution in [3.63, 3.8) is 0 Å². The lowest BCUT2D eigenvalue weighted by atomic mass is 10.2. The summed E-state index contributed by atoms with van der Waals surface area (Å²) >= 11 is 5.17. The molecule has 1 aromatic rings. The number of benzene rings is 1. The van der Waals surface area contributed by atoms with E-state index in [1.54, 1.807) is 0 Å². The maximum Gasteiger partial charge on any atom is 0.143 e. The molecule has 1 aromatic carbocycles. The fraction of sp³-hybridized carbons (Fsp3) is 0.182. The fourth-order valence-electron chi connectivity index (χ4n) is 1.42. The molecule has 0 radical (unpaired) electrons. The van der Waals surface area contributed by atoms with Crippen LogP contribution in [0.15, 0.2) is 24.3 Å². The van der Waals surface area contributed by atoms with Gasteiger partial charge >= 0.3 is 0 Å². The Hall–Kier alpha value is -1.53. The molecule has 2 rings (SSSR count). The Bertz CT molecular complexity index is 408. The van der Waals surface area contributed by atoms with Gasteiger partial charge in [-0.1, -0.05) is 30.3 Å². The minimum absolute atomic E-state index is 0.439. The van der Waals surface area contributed by atoms with E-state index in [2.05, 4.69) is 5.92 Å². The van der Waals surface area contributed by atoms with Gasteiger partial charge in [0.15, 0.2) is 0 Å². The third kappa shape index (κ3) is 1.45. The summed E-state index contributed by atoms with van der Waals surface area (Å²) in [6.45, 7) is 0.938. The Kier molecular flexibility index (Phi) is 2.38. The van der Waals surface area contributed by atoms with Crippen molar-refractivity contribution in [2.24, 2.45) is 0 Å². The van der Waals surface area contributed by atoms with E-state index in [0.717, 1.165) is 16.4 Å². The van der Waals surface area contributed by atoms with Gasteiger partial charge in [-0.15, -0.1) is 6.42 Å². The number of para-hydroxylation sites is 2. The zero-order chi connectivity index (χ0) is 9.97. The molecule has 0 N–H and O–H groups in total. The third-order valence-corrected chi connectivity index (χ3v) is 2.40. The topological polar surface area (TPSA) is 12.5 Å². The number of nitrogens with zero attached hydrogens (tertiary/aromatic N) is 1.